The first-order valence-corrected chi connectivity index (χ1v) is 25.3. The van der Waals surface area contributed by atoms with Crippen molar-refractivity contribution in [2.45, 2.75) is 106 Å². The van der Waals surface area contributed by atoms with Crippen LogP contribution in [0, 0.1) is 0 Å². The Hall–Kier alpha value is 1.20. The molecule has 0 saturated heterocycles. The van der Waals surface area contributed by atoms with Crippen molar-refractivity contribution in [2.75, 3.05) is 0 Å². The molecule has 0 bridgehead atoms. The van der Waals surface area contributed by atoms with Gasteiger partial charge >= 0.3 is 158 Å². The summed E-state index contributed by atoms with van der Waals surface area (Å²) >= 11 is 2.05. The summed E-state index contributed by atoms with van der Waals surface area (Å²) in [5.41, 5.74) is 0.0666. The minimum atomic E-state index is -2.25. The van der Waals surface area contributed by atoms with Gasteiger partial charge < -0.3 is 0 Å². The maximum absolute atomic E-state index is 6.74. The van der Waals surface area contributed by atoms with Crippen molar-refractivity contribution in [3.63, 3.8) is 0 Å². The molecule has 0 spiro atoms. The van der Waals surface area contributed by atoms with Gasteiger partial charge in [-0.15, -0.1) is 0 Å². The zero-order valence-corrected chi connectivity index (χ0v) is 21.7. The van der Waals surface area contributed by atoms with E-state index in [0.29, 0.717) is 0 Å². The first-order chi connectivity index (χ1) is 10.7. The molecule has 0 aliphatic heterocycles. The molecule has 0 unspecified atom stereocenters. The Balaban J connectivity index is 2.89. The van der Waals surface area contributed by atoms with Crippen molar-refractivity contribution in [1.29, 1.82) is 0 Å². The number of rotatable bonds is 10. The summed E-state index contributed by atoms with van der Waals surface area (Å²) < 4.78 is 12.3. The van der Waals surface area contributed by atoms with E-state index in [1.54, 1.807) is 0 Å². The van der Waals surface area contributed by atoms with Crippen LogP contribution in [0.2, 0.25) is 28.5 Å². The van der Waals surface area contributed by atoms with Crippen LogP contribution in [-0.2, 0) is 4.43 Å². The van der Waals surface area contributed by atoms with Gasteiger partial charge in [0.25, 0.3) is 0 Å². The fourth-order valence-electron chi connectivity index (χ4n) is 3.60. The molecule has 1 rings (SSSR count). The van der Waals surface area contributed by atoms with Crippen LogP contribution in [0.3, 0.4) is 0 Å². The first-order valence-electron chi connectivity index (χ1n) is 9.84. The Morgan fingerprint density at radius 1 is 1.00 bits per heavy atom. The second-order valence-electron chi connectivity index (χ2n) is 8.41. The van der Waals surface area contributed by atoms with Crippen LogP contribution in [0.15, 0.2) is 10.2 Å². The van der Waals surface area contributed by atoms with Crippen LogP contribution in [0.1, 0.15) is 71.6 Å². The normalized spacial score (nSPS) is 19.4. The van der Waals surface area contributed by atoms with E-state index >= 15 is 0 Å². The van der Waals surface area contributed by atoms with Crippen molar-refractivity contribution in [1.82, 2.24) is 0 Å². The molecule has 0 amide bonds. The molecular formula is C19H39BrOSiSn. The van der Waals surface area contributed by atoms with Crippen LogP contribution in [-0.4, -0.2) is 30.1 Å². The summed E-state index contributed by atoms with van der Waals surface area (Å²) in [6, 6.07) is 0. The van der Waals surface area contributed by atoms with Crippen LogP contribution in [0.4, 0.5) is 0 Å². The number of hydrogen-bond acceptors (Lipinski definition) is 1. The third kappa shape index (κ3) is 8.91. The predicted molar refractivity (Wildman–Crippen MR) is 113 cm³/mol. The van der Waals surface area contributed by atoms with Crippen LogP contribution in [0.5, 0.6) is 0 Å². The number of unbranched alkanes of at least 4 members (excludes halogenated alkanes) is 2. The third-order valence-electron chi connectivity index (χ3n) is 4.79. The third-order valence-corrected chi connectivity index (χ3v) is 21.8. The Morgan fingerprint density at radius 2 is 1.52 bits per heavy atom. The Morgan fingerprint density at radius 3 is 1.96 bits per heavy atom. The van der Waals surface area contributed by atoms with Gasteiger partial charge in [0.1, 0.15) is 0 Å². The summed E-state index contributed by atoms with van der Waals surface area (Å²) in [5, 5.41) is 0. The fourth-order valence-corrected chi connectivity index (χ4v) is 18.5. The van der Waals surface area contributed by atoms with E-state index < -0.39 is 24.5 Å². The van der Waals surface area contributed by atoms with Gasteiger partial charge in [0.2, 0.25) is 0 Å². The molecule has 136 valence electrons. The van der Waals surface area contributed by atoms with Gasteiger partial charge in [-0.1, -0.05) is 0 Å². The molecule has 0 aromatic carbocycles. The van der Waals surface area contributed by atoms with Crippen LogP contribution < -0.4 is 0 Å². The molecular weight excluding hydrogens is 471 g/mol. The van der Waals surface area contributed by atoms with E-state index in [9.17, 15) is 0 Å². The quantitative estimate of drug-likeness (QED) is 0.276. The van der Waals surface area contributed by atoms with E-state index in [1.165, 1.54) is 66.7 Å². The second kappa shape index (κ2) is 10.4. The van der Waals surface area contributed by atoms with Crippen molar-refractivity contribution >= 4 is 37.2 Å². The maximum atomic E-state index is 6.74. The monoisotopic (exact) mass is 510 g/mol. The van der Waals surface area contributed by atoms with Crippen molar-refractivity contribution in [2.24, 2.45) is 0 Å². The number of hydrogen-bond donors (Lipinski definition) is 0. The van der Waals surface area contributed by atoms with E-state index in [-0.39, 0.29) is 5.60 Å². The Bertz CT molecular complexity index is 351. The van der Waals surface area contributed by atoms with E-state index in [1.807, 2.05) is 0 Å². The van der Waals surface area contributed by atoms with Crippen molar-refractivity contribution in [3.8, 4) is 0 Å². The van der Waals surface area contributed by atoms with Gasteiger partial charge in [-0.25, -0.2) is 0 Å². The van der Waals surface area contributed by atoms with Gasteiger partial charge in [-0.05, 0) is 0 Å². The molecule has 0 heterocycles. The molecule has 0 radical (unpaired) electrons. The van der Waals surface area contributed by atoms with Crippen molar-refractivity contribution < 1.29 is 4.43 Å². The summed E-state index contributed by atoms with van der Waals surface area (Å²) in [5.74, 6) is 0. The summed E-state index contributed by atoms with van der Waals surface area (Å²) in [4.78, 5) is 0. The molecule has 1 fully saturated rings. The molecule has 0 aromatic heterocycles. The van der Waals surface area contributed by atoms with Gasteiger partial charge in [0.15, 0.2) is 0 Å². The fraction of sp³-hybridized carbons (Fsp3) is 0.895. The molecule has 1 saturated carbocycles. The van der Waals surface area contributed by atoms with Gasteiger partial charge in [0.05, 0.1) is 0 Å². The SMILES string of the molecule is CCC[CH2][Sn]([Br])(/[CH]=C/C1(O[Si](C)(C)C)CCCCC1)[CH2]CCC. The summed E-state index contributed by atoms with van der Waals surface area (Å²) in [6.07, 6.45) is 14.5. The average molecular weight is 510 g/mol. The summed E-state index contributed by atoms with van der Waals surface area (Å²) in [6.45, 7) is 11.7. The van der Waals surface area contributed by atoms with Gasteiger partial charge in [0, 0.05) is 0 Å². The Labute approximate surface area is 156 Å². The second-order valence-corrected chi connectivity index (χ2v) is 33.1. The average Bonchev–Trinajstić information content (AvgIpc) is 2.49. The van der Waals surface area contributed by atoms with Gasteiger partial charge in [-0.3, -0.25) is 0 Å². The zero-order chi connectivity index (χ0) is 17.4. The predicted octanol–water partition coefficient (Wildman–Crippen LogP) is 7.58. The standard InChI is InChI=1S/C11H21OSi.2C4H9.BrH.Sn/c1-5-11(12-13(2,3)4)9-7-6-8-10-11;2*1-3-4-2;;/h1,5H,6-10H2,2-4H3;2*1,3-4H2,2H3;1H;/q;;;;+1/p-1. The zero-order valence-electron chi connectivity index (χ0n) is 16.2. The molecule has 1 nitrogen and oxygen atoms in total. The molecule has 23 heavy (non-hydrogen) atoms. The van der Waals surface area contributed by atoms with E-state index in [4.69, 9.17) is 4.43 Å². The van der Waals surface area contributed by atoms with Crippen LogP contribution in [0.25, 0.3) is 0 Å². The van der Waals surface area contributed by atoms with E-state index in [0.717, 1.165) is 0 Å². The minimum absolute atomic E-state index is 0.0666. The molecule has 4 heteroatoms. The first kappa shape index (κ1) is 22.2. The van der Waals surface area contributed by atoms with Gasteiger partial charge in [-0.2, -0.15) is 0 Å². The molecule has 0 aromatic rings. The Kier molecular flexibility index (Phi) is 10.0. The molecule has 0 atom stereocenters. The van der Waals surface area contributed by atoms with E-state index in [2.05, 4.69) is 56.4 Å². The van der Waals surface area contributed by atoms with Crippen molar-refractivity contribution in [3.05, 3.63) is 10.2 Å². The summed E-state index contributed by atoms with van der Waals surface area (Å²) in [7, 11) is -1.51. The number of halogens is 1. The topological polar surface area (TPSA) is 9.23 Å². The molecule has 1 aliphatic rings. The molecule has 1 aliphatic carbocycles. The van der Waals surface area contributed by atoms with Crippen LogP contribution >= 0.6 is 12.7 Å². The molecule has 0 N–H and O–H groups in total.